The van der Waals surface area contributed by atoms with Crippen LogP contribution in [0.1, 0.15) is 32.1 Å². The van der Waals surface area contributed by atoms with Crippen molar-refractivity contribution < 1.29 is 9.47 Å². The molecule has 1 aliphatic carbocycles. The first kappa shape index (κ1) is 17.7. The molecule has 3 aromatic rings. The summed E-state index contributed by atoms with van der Waals surface area (Å²) < 4.78 is 11.1. The molecule has 8 heteroatoms. The maximum Gasteiger partial charge on any atom is 0.211 e. The van der Waals surface area contributed by atoms with Crippen LogP contribution in [0.15, 0.2) is 36.7 Å². The van der Waals surface area contributed by atoms with Crippen molar-refractivity contribution in [1.82, 2.24) is 20.2 Å². The van der Waals surface area contributed by atoms with E-state index in [-0.39, 0.29) is 0 Å². The number of hydrogen-bond donors (Lipinski definition) is 1. The highest BCUT2D eigenvalue weighted by atomic mass is 32.1. The third-order valence-corrected chi connectivity index (χ3v) is 5.30. The molecule has 27 heavy (non-hydrogen) atoms. The Balaban J connectivity index is 1.38. The number of pyridine rings is 2. The summed E-state index contributed by atoms with van der Waals surface area (Å²) in [4.78, 5) is 8.74. The van der Waals surface area contributed by atoms with Crippen LogP contribution in [0, 0.1) is 0 Å². The van der Waals surface area contributed by atoms with Gasteiger partial charge in [0, 0.05) is 0 Å². The summed E-state index contributed by atoms with van der Waals surface area (Å²) in [5.41, 5.74) is 0.755. The summed E-state index contributed by atoms with van der Waals surface area (Å²) >= 11 is 1.42. The molecule has 0 spiro atoms. The number of ether oxygens (including phenoxy) is 2. The second-order valence-electron chi connectivity index (χ2n) is 6.38. The van der Waals surface area contributed by atoms with E-state index in [2.05, 4.69) is 25.5 Å². The highest BCUT2D eigenvalue weighted by molar-refractivity contribution is 7.18. The van der Waals surface area contributed by atoms with Crippen molar-refractivity contribution >= 4 is 22.3 Å². The zero-order valence-electron chi connectivity index (χ0n) is 15.1. The van der Waals surface area contributed by atoms with Crippen LogP contribution in [-0.2, 0) is 0 Å². The number of aromatic nitrogens is 4. The highest BCUT2D eigenvalue weighted by Crippen LogP contribution is 2.28. The third kappa shape index (κ3) is 4.51. The molecule has 1 saturated carbocycles. The maximum atomic E-state index is 6.01. The van der Waals surface area contributed by atoms with Gasteiger partial charge in [0.15, 0.2) is 5.01 Å². The lowest BCUT2D eigenvalue weighted by Crippen LogP contribution is -2.19. The monoisotopic (exact) mass is 383 g/mol. The summed E-state index contributed by atoms with van der Waals surface area (Å²) in [6.45, 7) is 0. The molecule has 1 fully saturated rings. The third-order valence-electron chi connectivity index (χ3n) is 4.44. The van der Waals surface area contributed by atoms with E-state index in [4.69, 9.17) is 9.47 Å². The van der Waals surface area contributed by atoms with Crippen LogP contribution in [0.5, 0.6) is 11.5 Å². The molecule has 0 amide bonds. The van der Waals surface area contributed by atoms with Gasteiger partial charge in [-0.1, -0.05) is 17.8 Å². The molecule has 140 valence electrons. The Morgan fingerprint density at radius 1 is 0.963 bits per heavy atom. The molecule has 0 unspecified atom stereocenters. The van der Waals surface area contributed by atoms with Crippen LogP contribution in [0.25, 0.3) is 10.7 Å². The quantitative estimate of drug-likeness (QED) is 0.673. The van der Waals surface area contributed by atoms with Crippen molar-refractivity contribution in [3.63, 3.8) is 0 Å². The van der Waals surface area contributed by atoms with Gasteiger partial charge < -0.3 is 14.8 Å². The Hall–Kier alpha value is -2.74. The van der Waals surface area contributed by atoms with Crippen LogP contribution in [0.4, 0.5) is 10.9 Å². The van der Waals surface area contributed by atoms with E-state index >= 15 is 0 Å². The Kier molecular flexibility index (Phi) is 5.43. The van der Waals surface area contributed by atoms with Crippen molar-refractivity contribution in [1.29, 1.82) is 0 Å². The lowest BCUT2D eigenvalue weighted by atomic mass is 9.98. The highest BCUT2D eigenvalue weighted by Gasteiger charge is 2.15. The molecule has 0 atom stereocenters. The number of rotatable bonds is 6. The van der Waals surface area contributed by atoms with Crippen molar-refractivity contribution in [3.05, 3.63) is 36.7 Å². The van der Waals surface area contributed by atoms with Crippen molar-refractivity contribution in [2.75, 3.05) is 12.4 Å². The van der Waals surface area contributed by atoms with Gasteiger partial charge in [0.25, 0.3) is 0 Å². The molecular formula is C19H21N5O2S. The van der Waals surface area contributed by atoms with E-state index in [0.29, 0.717) is 22.8 Å². The average molecular weight is 383 g/mol. The normalized spacial score (nSPS) is 14.7. The molecule has 3 aromatic heterocycles. The Morgan fingerprint density at radius 2 is 1.78 bits per heavy atom. The fourth-order valence-electron chi connectivity index (χ4n) is 3.01. The van der Waals surface area contributed by atoms with Crippen LogP contribution in [0.3, 0.4) is 0 Å². The minimum absolute atomic E-state index is 0.321. The van der Waals surface area contributed by atoms with Crippen molar-refractivity contribution in [3.8, 4) is 22.2 Å². The number of nitrogens with one attached hydrogen (secondary N) is 1. The molecule has 3 heterocycles. The van der Waals surface area contributed by atoms with Gasteiger partial charge >= 0.3 is 0 Å². The van der Waals surface area contributed by atoms with E-state index in [1.54, 1.807) is 19.5 Å². The Bertz CT molecular complexity index is 861. The first-order valence-corrected chi connectivity index (χ1v) is 9.85. The van der Waals surface area contributed by atoms with E-state index in [1.165, 1.54) is 30.6 Å². The number of anilines is 2. The first-order chi connectivity index (χ1) is 13.3. The number of nitrogens with zero attached hydrogens (tertiary/aromatic N) is 4. The van der Waals surface area contributed by atoms with E-state index in [9.17, 15) is 0 Å². The van der Waals surface area contributed by atoms with Gasteiger partial charge in [-0.2, -0.15) is 0 Å². The molecule has 1 N–H and O–H groups in total. The summed E-state index contributed by atoms with van der Waals surface area (Å²) in [6, 6.07) is 7.55. The average Bonchev–Trinajstić information content (AvgIpc) is 3.19. The lowest BCUT2D eigenvalue weighted by molar-refractivity contribution is 0.154. The minimum Gasteiger partial charge on any atom is -0.495 e. The molecule has 4 rings (SSSR count). The molecule has 0 aliphatic heterocycles. The first-order valence-electron chi connectivity index (χ1n) is 9.04. The van der Waals surface area contributed by atoms with Crippen LogP contribution >= 0.6 is 11.3 Å². The second-order valence-corrected chi connectivity index (χ2v) is 7.36. The fourth-order valence-corrected chi connectivity index (χ4v) is 3.74. The van der Waals surface area contributed by atoms with Crippen molar-refractivity contribution in [2.45, 2.75) is 38.2 Å². The van der Waals surface area contributed by atoms with Crippen molar-refractivity contribution in [2.24, 2.45) is 0 Å². The van der Waals surface area contributed by atoms with Crippen LogP contribution in [-0.4, -0.2) is 33.4 Å². The zero-order chi connectivity index (χ0) is 18.5. The second kappa shape index (κ2) is 8.30. The molecule has 7 nitrogen and oxygen atoms in total. The molecular weight excluding hydrogens is 362 g/mol. The van der Waals surface area contributed by atoms with E-state index < -0.39 is 0 Å². The SMILES string of the molecule is COc1ccc(-c2nnc(Nc3ccc(OC4CCCCC4)cn3)s2)nc1. The minimum atomic E-state index is 0.321. The van der Waals surface area contributed by atoms with Gasteiger partial charge in [-0.05, 0) is 49.9 Å². The largest absolute Gasteiger partial charge is 0.495 e. The van der Waals surface area contributed by atoms with Gasteiger partial charge in [-0.3, -0.25) is 0 Å². The Morgan fingerprint density at radius 3 is 2.48 bits per heavy atom. The molecule has 0 bridgehead atoms. The fraction of sp³-hybridized carbons (Fsp3) is 0.368. The van der Waals surface area contributed by atoms with Gasteiger partial charge in [0.05, 0.1) is 25.6 Å². The summed E-state index contributed by atoms with van der Waals surface area (Å²) in [5, 5.41) is 12.9. The molecule has 0 aromatic carbocycles. The van der Waals surface area contributed by atoms with Crippen LogP contribution < -0.4 is 14.8 Å². The lowest BCUT2D eigenvalue weighted by Gasteiger charge is -2.22. The summed E-state index contributed by atoms with van der Waals surface area (Å²) in [6.07, 6.45) is 9.82. The van der Waals surface area contributed by atoms with Gasteiger partial charge in [-0.15, -0.1) is 10.2 Å². The smallest absolute Gasteiger partial charge is 0.211 e. The number of hydrogen-bond acceptors (Lipinski definition) is 8. The van der Waals surface area contributed by atoms with E-state index in [0.717, 1.165) is 29.3 Å². The van der Waals surface area contributed by atoms with Gasteiger partial charge in [-0.25, -0.2) is 9.97 Å². The van der Waals surface area contributed by atoms with E-state index in [1.807, 2.05) is 24.3 Å². The van der Waals surface area contributed by atoms with Gasteiger partial charge in [0.2, 0.25) is 5.13 Å². The summed E-state index contributed by atoms with van der Waals surface area (Å²) in [7, 11) is 1.61. The number of methoxy groups -OCH3 is 1. The molecule has 1 aliphatic rings. The topological polar surface area (TPSA) is 82.1 Å². The standard InChI is InChI=1S/C19H21N5O2S/c1-25-14-7-9-16(20-11-14)18-23-24-19(27-18)22-17-10-8-15(12-21-17)26-13-5-3-2-4-6-13/h7-13H,2-6H2,1H3,(H,21,22,24). The zero-order valence-corrected chi connectivity index (χ0v) is 15.9. The predicted octanol–water partition coefficient (Wildman–Crippen LogP) is 4.46. The van der Waals surface area contributed by atoms with Crippen LogP contribution in [0.2, 0.25) is 0 Å². The maximum absolute atomic E-state index is 6.01. The Labute approximate surface area is 161 Å². The van der Waals surface area contributed by atoms with Gasteiger partial charge in [0.1, 0.15) is 23.0 Å². The summed E-state index contributed by atoms with van der Waals surface area (Å²) in [5.74, 6) is 2.23. The molecule has 0 saturated heterocycles. The predicted molar refractivity (Wildman–Crippen MR) is 105 cm³/mol. The molecule has 0 radical (unpaired) electrons.